The quantitative estimate of drug-likeness (QED) is 0.324. The normalized spacial score (nSPS) is 18.0. The molecule has 0 spiro atoms. The predicted octanol–water partition coefficient (Wildman–Crippen LogP) is 3.82. The minimum Gasteiger partial charge on any atom is -0.478 e. The number of benzene rings is 2. The van der Waals surface area contributed by atoms with E-state index < -0.39 is 40.9 Å². The van der Waals surface area contributed by atoms with Crippen LogP contribution in [0.15, 0.2) is 30.3 Å². The Balaban J connectivity index is 1.39. The minimum absolute atomic E-state index is 0.106. The smallest absolute Gasteiger partial charge is 0.347 e. The van der Waals surface area contributed by atoms with E-state index in [4.69, 9.17) is 15.2 Å². The zero-order valence-corrected chi connectivity index (χ0v) is 24.7. The van der Waals surface area contributed by atoms with E-state index in [-0.39, 0.29) is 42.7 Å². The molecule has 1 saturated heterocycles. The van der Waals surface area contributed by atoms with Crippen molar-refractivity contribution in [2.45, 2.75) is 64.1 Å². The average molecular weight is 608 g/mol. The van der Waals surface area contributed by atoms with Crippen LogP contribution in [0.5, 0.6) is 5.75 Å². The maximum absolute atomic E-state index is 14.1. The van der Waals surface area contributed by atoms with Crippen LogP contribution in [0.2, 0.25) is 0 Å². The Kier molecular flexibility index (Phi) is 10.4. The number of nitrogens with zero attached hydrogens (tertiary/aromatic N) is 2. The lowest BCUT2D eigenvalue weighted by molar-refractivity contribution is -0.153. The largest absolute Gasteiger partial charge is 0.478 e. The number of thioether (sulfide) groups is 1. The Labute approximate surface area is 247 Å². The molecule has 8 nitrogen and oxygen atoms in total. The van der Waals surface area contributed by atoms with Crippen LogP contribution in [0, 0.1) is 23.4 Å². The molecule has 2 aromatic carbocycles. The maximum atomic E-state index is 14.1. The van der Waals surface area contributed by atoms with E-state index >= 15 is 0 Å². The van der Waals surface area contributed by atoms with Gasteiger partial charge in [-0.15, -0.1) is 11.8 Å². The summed E-state index contributed by atoms with van der Waals surface area (Å²) in [6.07, 6.45) is -0.467. The van der Waals surface area contributed by atoms with Crippen molar-refractivity contribution in [1.29, 1.82) is 0 Å². The van der Waals surface area contributed by atoms with Crippen molar-refractivity contribution < 1.29 is 37.0 Å². The van der Waals surface area contributed by atoms with Crippen LogP contribution in [0.25, 0.3) is 0 Å². The van der Waals surface area contributed by atoms with Gasteiger partial charge in [0.25, 0.3) is 5.91 Å². The third-order valence-corrected chi connectivity index (χ3v) is 8.51. The number of fused-ring (bicyclic) bond motifs is 1. The lowest BCUT2D eigenvalue weighted by atomic mass is 9.99. The molecule has 0 radical (unpaired) electrons. The molecule has 0 aromatic heterocycles. The Morgan fingerprint density at radius 3 is 2.50 bits per heavy atom. The Morgan fingerprint density at radius 2 is 1.79 bits per heavy atom. The zero-order valence-electron chi connectivity index (χ0n) is 23.9. The summed E-state index contributed by atoms with van der Waals surface area (Å²) in [5.74, 6) is -3.43. The second kappa shape index (κ2) is 13.8. The molecule has 0 bridgehead atoms. The predicted molar refractivity (Wildman–Crippen MR) is 152 cm³/mol. The van der Waals surface area contributed by atoms with Gasteiger partial charge in [-0.25, -0.2) is 18.0 Å². The number of nitrogens with two attached hydrogens (primary N) is 1. The van der Waals surface area contributed by atoms with Crippen molar-refractivity contribution in [2.24, 2.45) is 11.7 Å². The molecule has 0 aliphatic carbocycles. The second-order valence-corrected chi connectivity index (χ2v) is 12.0. The highest BCUT2D eigenvalue weighted by molar-refractivity contribution is 8.00. The summed E-state index contributed by atoms with van der Waals surface area (Å²) in [5, 5.41) is -0.722. The first-order chi connectivity index (χ1) is 20.0. The van der Waals surface area contributed by atoms with Crippen LogP contribution in [0.1, 0.15) is 43.9 Å². The number of rotatable bonds is 10. The molecular weight excluding hydrogens is 571 g/mol. The Bertz CT molecular complexity index is 1330. The molecule has 12 heteroatoms. The molecule has 2 amide bonds. The highest BCUT2D eigenvalue weighted by Gasteiger charge is 2.38. The van der Waals surface area contributed by atoms with Gasteiger partial charge in [-0.3, -0.25) is 9.59 Å². The molecule has 3 unspecified atom stereocenters. The highest BCUT2D eigenvalue weighted by atomic mass is 32.2. The number of carbonyl (C=O) groups excluding carboxylic acids is 3. The van der Waals surface area contributed by atoms with E-state index in [9.17, 15) is 27.6 Å². The first-order valence-corrected chi connectivity index (χ1v) is 15.1. The number of esters is 1. The molecular formula is C30H36F3N3O5S. The minimum atomic E-state index is -1.29. The standard InChI is InChI=1S/C30H36F3N3O5S/c1-4-40-30(39)27(17(2)3)41-22-6-5-18-7-8-35(16-20(18)12-22)28(38)29-36(9-10-42-29)26(37)14-21(34)11-19-13-24(32)25(33)15-23(19)31/h5-6,12-13,15,17,21,27,29H,4,7-11,14,16,34H2,1-3H3. The van der Waals surface area contributed by atoms with Gasteiger partial charge in [-0.1, -0.05) is 19.9 Å². The Morgan fingerprint density at radius 1 is 1.05 bits per heavy atom. The fourth-order valence-corrected chi connectivity index (χ4v) is 6.34. The van der Waals surface area contributed by atoms with Crippen LogP contribution >= 0.6 is 11.8 Å². The van der Waals surface area contributed by atoms with E-state index in [2.05, 4.69) is 0 Å². The summed E-state index contributed by atoms with van der Waals surface area (Å²) in [6.45, 7) is 6.91. The van der Waals surface area contributed by atoms with E-state index in [0.29, 0.717) is 43.6 Å². The molecule has 2 heterocycles. The molecule has 4 rings (SSSR count). The van der Waals surface area contributed by atoms with E-state index in [0.717, 1.165) is 17.2 Å². The number of amides is 2. The molecule has 2 aliphatic rings. The number of carbonyl (C=O) groups is 3. The van der Waals surface area contributed by atoms with Crippen LogP contribution < -0.4 is 10.5 Å². The van der Waals surface area contributed by atoms with Gasteiger partial charge in [0, 0.05) is 49.8 Å². The molecule has 1 fully saturated rings. The third kappa shape index (κ3) is 7.38. The monoisotopic (exact) mass is 607 g/mol. The molecule has 2 aliphatic heterocycles. The summed E-state index contributed by atoms with van der Waals surface area (Å²) in [7, 11) is 0. The molecule has 2 aromatic rings. The SMILES string of the molecule is CCOC(=O)C(Oc1ccc2c(c1)CN(C(=O)C1SCCN1C(=O)CC(N)Cc1cc(F)c(F)cc1F)CC2)C(C)C. The maximum Gasteiger partial charge on any atom is 0.347 e. The van der Waals surface area contributed by atoms with Crippen LogP contribution in [-0.4, -0.2) is 70.6 Å². The fraction of sp³-hybridized carbons (Fsp3) is 0.500. The zero-order chi connectivity index (χ0) is 30.6. The lowest BCUT2D eigenvalue weighted by Crippen LogP contribution is -2.49. The molecule has 2 N–H and O–H groups in total. The fourth-order valence-electron chi connectivity index (χ4n) is 5.12. The van der Waals surface area contributed by atoms with Gasteiger partial charge in [0.15, 0.2) is 23.1 Å². The van der Waals surface area contributed by atoms with Crippen molar-refractivity contribution in [3.8, 4) is 5.75 Å². The van der Waals surface area contributed by atoms with Gasteiger partial charge in [0.05, 0.1) is 6.61 Å². The summed E-state index contributed by atoms with van der Waals surface area (Å²) in [5.41, 5.74) is 7.94. The van der Waals surface area contributed by atoms with Crippen molar-refractivity contribution in [3.05, 3.63) is 64.5 Å². The van der Waals surface area contributed by atoms with Gasteiger partial charge in [0.1, 0.15) is 11.6 Å². The number of hydrogen-bond acceptors (Lipinski definition) is 7. The van der Waals surface area contributed by atoms with Gasteiger partial charge in [-0.05, 0) is 54.7 Å². The van der Waals surface area contributed by atoms with Crippen molar-refractivity contribution in [1.82, 2.24) is 9.80 Å². The first kappa shape index (κ1) is 31.7. The average Bonchev–Trinajstić information content (AvgIpc) is 3.44. The highest BCUT2D eigenvalue weighted by Crippen LogP contribution is 2.31. The van der Waals surface area contributed by atoms with Gasteiger partial charge in [-0.2, -0.15) is 0 Å². The van der Waals surface area contributed by atoms with Gasteiger partial charge in [0.2, 0.25) is 5.91 Å². The van der Waals surface area contributed by atoms with Crippen LogP contribution in [-0.2, 0) is 38.5 Å². The molecule has 3 atom stereocenters. The van der Waals surface area contributed by atoms with Crippen molar-refractivity contribution in [2.75, 3.05) is 25.4 Å². The first-order valence-electron chi connectivity index (χ1n) is 14.0. The Hall–Kier alpha value is -3.25. The van der Waals surface area contributed by atoms with E-state index in [1.807, 2.05) is 32.0 Å². The second-order valence-electron chi connectivity index (χ2n) is 10.8. The van der Waals surface area contributed by atoms with Crippen molar-refractivity contribution in [3.63, 3.8) is 0 Å². The van der Waals surface area contributed by atoms with Crippen LogP contribution in [0.3, 0.4) is 0 Å². The molecule has 42 heavy (non-hydrogen) atoms. The number of ether oxygens (including phenoxy) is 2. The molecule has 0 saturated carbocycles. The summed E-state index contributed by atoms with van der Waals surface area (Å²) in [4.78, 5) is 42.3. The number of halogens is 3. The van der Waals surface area contributed by atoms with Crippen molar-refractivity contribution >= 4 is 29.5 Å². The third-order valence-electron chi connectivity index (χ3n) is 7.32. The van der Waals surface area contributed by atoms with Gasteiger partial charge >= 0.3 is 5.97 Å². The summed E-state index contributed by atoms with van der Waals surface area (Å²) < 4.78 is 52.0. The summed E-state index contributed by atoms with van der Waals surface area (Å²) >= 11 is 1.37. The topological polar surface area (TPSA) is 102 Å². The van der Waals surface area contributed by atoms with Gasteiger partial charge < -0.3 is 25.0 Å². The lowest BCUT2D eigenvalue weighted by Gasteiger charge is -2.33. The number of hydrogen-bond donors (Lipinski definition) is 1. The van der Waals surface area contributed by atoms with Crippen LogP contribution in [0.4, 0.5) is 13.2 Å². The summed E-state index contributed by atoms with van der Waals surface area (Å²) in [6, 6.07) is 5.95. The van der Waals surface area contributed by atoms with E-state index in [1.165, 1.54) is 16.7 Å². The molecule has 228 valence electrons. The van der Waals surface area contributed by atoms with E-state index in [1.54, 1.807) is 11.8 Å².